The molecule has 0 aliphatic rings. The predicted octanol–water partition coefficient (Wildman–Crippen LogP) is 3.16. The largest absolute Gasteiger partial charge is 0.185 e. The van der Waals surface area contributed by atoms with E-state index in [0.29, 0.717) is 0 Å². The van der Waals surface area contributed by atoms with Gasteiger partial charge in [-0.25, -0.2) is 0 Å². The number of rotatable bonds is 2. The van der Waals surface area contributed by atoms with Gasteiger partial charge in [-0.2, -0.15) is 5.26 Å². The van der Waals surface area contributed by atoms with Crippen molar-refractivity contribution in [3.05, 3.63) is 34.3 Å². The maximum atomic E-state index is 8.30. The van der Waals surface area contributed by atoms with Gasteiger partial charge >= 0.3 is 0 Å². The molecule has 0 unspecified atom stereocenters. The first kappa shape index (κ1) is 8.63. The Morgan fingerprint density at radius 1 is 1.55 bits per heavy atom. The average Bonchev–Trinajstić information content (AvgIpc) is 2.01. The van der Waals surface area contributed by atoms with Crippen LogP contribution in [-0.2, 0) is 5.75 Å². The Bertz CT molecular complexity index is 280. The van der Waals surface area contributed by atoms with Gasteiger partial charge in [-0.1, -0.05) is 28.1 Å². The van der Waals surface area contributed by atoms with Gasteiger partial charge in [0, 0.05) is 10.2 Å². The molecule has 0 radical (unpaired) electrons. The van der Waals surface area contributed by atoms with Crippen LogP contribution in [0.1, 0.15) is 5.56 Å². The van der Waals surface area contributed by atoms with E-state index < -0.39 is 0 Å². The van der Waals surface area contributed by atoms with Crippen LogP contribution < -0.4 is 0 Å². The highest BCUT2D eigenvalue weighted by Gasteiger charge is 1.92. The molecule has 0 atom stereocenters. The Labute approximate surface area is 78.5 Å². The Kier molecular flexibility index (Phi) is 3.47. The van der Waals surface area contributed by atoms with Gasteiger partial charge < -0.3 is 0 Å². The van der Waals surface area contributed by atoms with Gasteiger partial charge in [0.05, 0.1) is 0 Å². The second-order valence-electron chi connectivity index (χ2n) is 2.01. The monoisotopic (exact) mass is 227 g/mol. The van der Waals surface area contributed by atoms with Crippen molar-refractivity contribution in [2.45, 2.75) is 5.75 Å². The standard InChI is InChI=1S/C8H6BrNS/c9-8-3-1-2-7(4-8)5-11-6-10/h1-4H,5H2. The SMILES string of the molecule is N#CSCc1cccc(Br)c1. The summed E-state index contributed by atoms with van der Waals surface area (Å²) in [6.07, 6.45) is 0. The third kappa shape index (κ3) is 2.96. The molecule has 0 fully saturated rings. The van der Waals surface area contributed by atoms with Crippen LogP contribution in [0.3, 0.4) is 0 Å². The molecule has 1 aromatic carbocycles. The molecule has 0 saturated heterocycles. The third-order valence-electron chi connectivity index (χ3n) is 1.19. The van der Waals surface area contributed by atoms with E-state index in [1.54, 1.807) is 0 Å². The Morgan fingerprint density at radius 3 is 3.00 bits per heavy atom. The number of thiocyanates is 1. The maximum Gasteiger partial charge on any atom is 0.133 e. The lowest BCUT2D eigenvalue weighted by Crippen LogP contribution is -1.77. The van der Waals surface area contributed by atoms with Gasteiger partial charge in [-0.3, -0.25) is 0 Å². The number of thioether (sulfide) groups is 1. The van der Waals surface area contributed by atoms with Crippen molar-refractivity contribution in [2.75, 3.05) is 0 Å². The fraction of sp³-hybridized carbons (Fsp3) is 0.125. The van der Waals surface area contributed by atoms with Crippen LogP contribution in [-0.4, -0.2) is 0 Å². The van der Waals surface area contributed by atoms with Crippen LogP contribution in [0.15, 0.2) is 28.7 Å². The summed E-state index contributed by atoms with van der Waals surface area (Å²) < 4.78 is 1.06. The molecule has 1 nitrogen and oxygen atoms in total. The van der Waals surface area contributed by atoms with Gasteiger partial charge in [-0.05, 0) is 29.5 Å². The van der Waals surface area contributed by atoms with Gasteiger partial charge in [0.1, 0.15) is 5.40 Å². The van der Waals surface area contributed by atoms with Crippen molar-refractivity contribution in [2.24, 2.45) is 0 Å². The van der Waals surface area contributed by atoms with E-state index >= 15 is 0 Å². The lowest BCUT2D eigenvalue weighted by molar-refractivity contribution is 1.40. The second-order valence-corrected chi connectivity index (χ2v) is 3.69. The fourth-order valence-electron chi connectivity index (χ4n) is 0.742. The van der Waals surface area contributed by atoms with Crippen molar-refractivity contribution < 1.29 is 0 Å². The molecule has 0 bridgehead atoms. The Balaban J connectivity index is 2.65. The molecule has 1 aromatic rings. The van der Waals surface area contributed by atoms with Crippen molar-refractivity contribution in [3.8, 4) is 5.40 Å². The van der Waals surface area contributed by atoms with E-state index in [1.165, 1.54) is 17.3 Å². The van der Waals surface area contributed by atoms with Crippen LogP contribution in [0.5, 0.6) is 0 Å². The van der Waals surface area contributed by atoms with Crippen molar-refractivity contribution in [3.63, 3.8) is 0 Å². The third-order valence-corrected chi connectivity index (χ3v) is 2.29. The molecule has 56 valence electrons. The van der Waals surface area contributed by atoms with Gasteiger partial charge in [0.25, 0.3) is 0 Å². The summed E-state index contributed by atoms with van der Waals surface area (Å²) in [6.45, 7) is 0. The summed E-state index contributed by atoms with van der Waals surface area (Å²) in [5.41, 5.74) is 1.17. The van der Waals surface area contributed by atoms with Crippen molar-refractivity contribution in [1.29, 1.82) is 5.26 Å². The molecule has 11 heavy (non-hydrogen) atoms. The topological polar surface area (TPSA) is 23.8 Å². The molecule has 0 spiro atoms. The average molecular weight is 228 g/mol. The molecule has 0 aliphatic carbocycles. The Morgan fingerprint density at radius 2 is 2.36 bits per heavy atom. The first-order chi connectivity index (χ1) is 5.33. The quantitative estimate of drug-likeness (QED) is 0.726. The molecular weight excluding hydrogens is 222 g/mol. The summed E-state index contributed by atoms with van der Waals surface area (Å²) in [5, 5.41) is 10.3. The lowest BCUT2D eigenvalue weighted by atomic mass is 10.2. The number of benzene rings is 1. The molecule has 0 aliphatic heterocycles. The highest BCUT2D eigenvalue weighted by molar-refractivity contribution is 9.10. The molecule has 0 aromatic heterocycles. The van der Waals surface area contributed by atoms with E-state index in [-0.39, 0.29) is 0 Å². The second kappa shape index (κ2) is 4.42. The van der Waals surface area contributed by atoms with Crippen LogP contribution in [0, 0.1) is 10.7 Å². The van der Waals surface area contributed by atoms with Gasteiger partial charge in [0.2, 0.25) is 0 Å². The van der Waals surface area contributed by atoms with Crippen molar-refractivity contribution >= 4 is 27.7 Å². The zero-order valence-corrected chi connectivity index (χ0v) is 8.15. The van der Waals surface area contributed by atoms with Crippen LogP contribution in [0.2, 0.25) is 0 Å². The van der Waals surface area contributed by atoms with Crippen LogP contribution in [0.4, 0.5) is 0 Å². The molecule has 0 N–H and O–H groups in total. The van der Waals surface area contributed by atoms with Crippen LogP contribution in [0.25, 0.3) is 0 Å². The Hall–Kier alpha value is -0.460. The summed E-state index contributed by atoms with van der Waals surface area (Å²) in [5.74, 6) is 0.760. The molecule has 0 saturated carbocycles. The van der Waals surface area contributed by atoms with E-state index in [1.807, 2.05) is 29.7 Å². The van der Waals surface area contributed by atoms with E-state index in [2.05, 4.69) is 15.9 Å². The molecule has 0 amide bonds. The zero-order valence-electron chi connectivity index (χ0n) is 5.75. The fourth-order valence-corrected chi connectivity index (χ4v) is 1.60. The smallest absolute Gasteiger partial charge is 0.133 e. The van der Waals surface area contributed by atoms with E-state index in [0.717, 1.165) is 10.2 Å². The minimum atomic E-state index is 0.760. The van der Waals surface area contributed by atoms with Gasteiger partial charge in [0.15, 0.2) is 0 Å². The lowest BCUT2D eigenvalue weighted by Gasteiger charge is -1.95. The highest BCUT2D eigenvalue weighted by Crippen LogP contribution is 2.15. The number of hydrogen-bond acceptors (Lipinski definition) is 2. The normalized spacial score (nSPS) is 9.09. The number of hydrogen-bond donors (Lipinski definition) is 0. The maximum absolute atomic E-state index is 8.30. The summed E-state index contributed by atoms with van der Waals surface area (Å²) in [7, 11) is 0. The number of nitrogens with zero attached hydrogens (tertiary/aromatic N) is 1. The first-order valence-electron chi connectivity index (χ1n) is 3.08. The van der Waals surface area contributed by atoms with E-state index in [9.17, 15) is 0 Å². The summed E-state index contributed by atoms with van der Waals surface area (Å²) in [6, 6.07) is 7.97. The first-order valence-corrected chi connectivity index (χ1v) is 4.86. The molecule has 3 heteroatoms. The molecule has 0 heterocycles. The number of halogens is 1. The highest BCUT2D eigenvalue weighted by atomic mass is 79.9. The summed E-state index contributed by atoms with van der Waals surface area (Å²) in [4.78, 5) is 0. The zero-order chi connectivity index (χ0) is 8.10. The number of nitriles is 1. The predicted molar refractivity (Wildman–Crippen MR) is 51.1 cm³/mol. The van der Waals surface area contributed by atoms with Crippen LogP contribution >= 0.6 is 27.7 Å². The van der Waals surface area contributed by atoms with Crippen molar-refractivity contribution in [1.82, 2.24) is 0 Å². The molecule has 1 rings (SSSR count). The summed E-state index contributed by atoms with van der Waals surface area (Å²) >= 11 is 4.62. The van der Waals surface area contributed by atoms with Gasteiger partial charge in [-0.15, -0.1) is 0 Å². The minimum Gasteiger partial charge on any atom is -0.185 e. The van der Waals surface area contributed by atoms with E-state index in [4.69, 9.17) is 5.26 Å². The minimum absolute atomic E-state index is 0.760. The molecular formula is C8H6BrNS.